The van der Waals surface area contributed by atoms with Crippen molar-refractivity contribution in [2.24, 2.45) is 5.10 Å². The zero-order chi connectivity index (χ0) is 16.5. The molecule has 0 aliphatic rings. The van der Waals surface area contributed by atoms with Gasteiger partial charge < -0.3 is 4.74 Å². The van der Waals surface area contributed by atoms with Gasteiger partial charge in [0.15, 0.2) is 0 Å². The van der Waals surface area contributed by atoms with E-state index in [4.69, 9.17) is 4.74 Å². The molecule has 0 amide bonds. The van der Waals surface area contributed by atoms with Gasteiger partial charge in [0.25, 0.3) is 5.69 Å². The predicted octanol–water partition coefficient (Wildman–Crippen LogP) is 2.24. The number of ether oxygens (including phenoxy) is 1. The van der Waals surface area contributed by atoms with Crippen LogP contribution in [0.15, 0.2) is 23.3 Å². The highest BCUT2D eigenvalue weighted by molar-refractivity contribution is 5.74. The second kappa shape index (κ2) is 8.29. The molecule has 0 aliphatic carbocycles. The van der Waals surface area contributed by atoms with E-state index in [1.54, 1.807) is 6.92 Å². The fourth-order valence-electron chi connectivity index (χ4n) is 1.47. The van der Waals surface area contributed by atoms with E-state index in [-0.39, 0.29) is 23.8 Å². The van der Waals surface area contributed by atoms with Crippen LogP contribution in [0.5, 0.6) is 0 Å². The topological polar surface area (TPSA) is 137 Å². The van der Waals surface area contributed by atoms with Gasteiger partial charge in [-0.2, -0.15) is 5.10 Å². The Morgan fingerprint density at radius 1 is 1.36 bits per heavy atom. The fraction of sp³-hybridized carbons (Fsp3) is 0.333. The molecule has 1 aromatic carbocycles. The number of rotatable bonds is 8. The van der Waals surface area contributed by atoms with E-state index < -0.39 is 15.5 Å². The number of hydrogen-bond acceptors (Lipinski definition) is 8. The number of hydrazone groups is 1. The van der Waals surface area contributed by atoms with Crippen LogP contribution in [0.2, 0.25) is 0 Å². The number of carbonyl (C=O) groups is 1. The van der Waals surface area contributed by atoms with Crippen molar-refractivity contribution in [2.45, 2.75) is 19.8 Å². The molecule has 1 N–H and O–H groups in total. The standard InChI is InChI=1S/C12H14N4O6/c1-2-22-12(17)4-3-7-13-14-10-6-5-9(15(18)19)8-11(10)16(20)21/h5-8,14H,2-4H2,1H3/b13-7-. The van der Waals surface area contributed by atoms with Gasteiger partial charge in [-0.1, -0.05) is 0 Å². The summed E-state index contributed by atoms with van der Waals surface area (Å²) < 4.78 is 4.72. The van der Waals surface area contributed by atoms with Crippen molar-refractivity contribution >= 4 is 29.2 Å². The lowest BCUT2D eigenvalue weighted by Crippen LogP contribution is -2.04. The number of nitrogens with one attached hydrogen (secondary N) is 1. The summed E-state index contributed by atoms with van der Waals surface area (Å²) in [5.74, 6) is -0.365. The molecule has 0 fully saturated rings. The smallest absolute Gasteiger partial charge is 0.306 e. The molecule has 1 aromatic rings. The number of nitrogens with zero attached hydrogens (tertiary/aromatic N) is 3. The molecule has 0 unspecified atom stereocenters. The third-order valence-electron chi connectivity index (χ3n) is 2.45. The highest BCUT2D eigenvalue weighted by Gasteiger charge is 2.18. The number of esters is 1. The summed E-state index contributed by atoms with van der Waals surface area (Å²) in [5, 5.41) is 25.2. The van der Waals surface area contributed by atoms with Crippen LogP contribution in [0.1, 0.15) is 19.8 Å². The first-order valence-corrected chi connectivity index (χ1v) is 6.31. The molecule has 10 nitrogen and oxygen atoms in total. The molecule has 0 bridgehead atoms. The molecule has 0 spiro atoms. The van der Waals surface area contributed by atoms with E-state index in [1.807, 2.05) is 0 Å². The van der Waals surface area contributed by atoms with Crippen LogP contribution in [0.3, 0.4) is 0 Å². The van der Waals surface area contributed by atoms with Gasteiger partial charge in [0.2, 0.25) is 0 Å². The van der Waals surface area contributed by atoms with E-state index in [0.29, 0.717) is 13.0 Å². The first kappa shape index (κ1) is 17.0. The van der Waals surface area contributed by atoms with Crippen LogP contribution >= 0.6 is 0 Å². The van der Waals surface area contributed by atoms with Crippen LogP contribution < -0.4 is 5.43 Å². The summed E-state index contributed by atoms with van der Waals surface area (Å²) in [6.45, 7) is 1.99. The summed E-state index contributed by atoms with van der Waals surface area (Å²) in [7, 11) is 0. The summed E-state index contributed by atoms with van der Waals surface area (Å²) in [6, 6.07) is 3.17. The summed E-state index contributed by atoms with van der Waals surface area (Å²) in [6.07, 6.45) is 1.80. The lowest BCUT2D eigenvalue weighted by molar-refractivity contribution is -0.393. The van der Waals surface area contributed by atoms with Gasteiger partial charge in [-0.3, -0.25) is 30.4 Å². The number of nitro groups is 2. The molecule has 0 heterocycles. The summed E-state index contributed by atoms with van der Waals surface area (Å²) in [4.78, 5) is 31.1. The van der Waals surface area contributed by atoms with Crippen LogP contribution in [-0.4, -0.2) is 28.6 Å². The SMILES string of the molecule is CCOC(=O)CC/C=N\Nc1ccc([N+](=O)[O-])cc1[N+](=O)[O-]. The fourth-order valence-corrected chi connectivity index (χ4v) is 1.47. The summed E-state index contributed by atoms with van der Waals surface area (Å²) >= 11 is 0. The predicted molar refractivity (Wildman–Crippen MR) is 77.7 cm³/mol. The van der Waals surface area contributed by atoms with Gasteiger partial charge >= 0.3 is 11.7 Å². The number of benzene rings is 1. The molecule has 0 saturated carbocycles. The molecular weight excluding hydrogens is 296 g/mol. The number of carbonyl (C=O) groups excluding carboxylic acids is 1. The van der Waals surface area contributed by atoms with Crippen molar-refractivity contribution in [1.29, 1.82) is 0 Å². The highest BCUT2D eigenvalue weighted by Crippen LogP contribution is 2.28. The van der Waals surface area contributed by atoms with E-state index >= 15 is 0 Å². The Labute approximate surface area is 125 Å². The number of hydrogen-bond donors (Lipinski definition) is 1. The maximum Gasteiger partial charge on any atom is 0.306 e. The number of nitro benzene ring substituents is 2. The third-order valence-corrected chi connectivity index (χ3v) is 2.45. The van der Waals surface area contributed by atoms with Crippen molar-refractivity contribution in [2.75, 3.05) is 12.0 Å². The van der Waals surface area contributed by atoms with Gasteiger partial charge in [0.1, 0.15) is 5.69 Å². The maximum atomic E-state index is 11.1. The minimum absolute atomic E-state index is 0.0167. The Hall–Kier alpha value is -3.04. The quantitative estimate of drug-likeness (QED) is 0.336. The molecule has 0 aliphatic heterocycles. The Morgan fingerprint density at radius 2 is 2.09 bits per heavy atom. The number of non-ortho nitro benzene ring substituents is 1. The molecule has 1 rings (SSSR count). The normalized spacial score (nSPS) is 10.4. The summed E-state index contributed by atoms with van der Waals surface area (Å²) in [5.41, 5.74) is 1.59. The van der Waals surface area contributed by atoms with Crippen molar-refractivity contribution < 1.29 is 19.4 Å². The lowest BCUT2D eigenvalue weighted by Gasteiger charge is -2.02. The van der Waals surface area contributed by atoms with E-state index in [0.717, 1.165) is 12.1 Å². The van der Waals surface area contributed by atoms with Gasteiger partial charge in [-0.15, -0.1) is 0 Å². The minimum Gasteiger partial charge on any atom is -0.466 e. The highest BCUT2D eigenvalue weighted by atomic mass is 16.6. The van der Waals surface area contributed by atoms with Crippen molar-refractivity contribution in [1.82, 2.24) is 0 Å². The largest absolute Gasteiger partial charge is 0.466 e. The Bertz CT molecular complexity index is 601. The number of anilines is 1. The van der Waals surface area contributed by atoms with Crippen LogP contribution in [-0.2, 0) is 9.53 Å². The van der Waals surface area contributed by atoms with Crippen LogP contribution in [0.4, 0.5) is 17.1 Å². The zero-order valence-electron chi connectivity index (χ0n) is 11.7. The average molecular weight is 310 g/mol. The van der Waals surface area contributed by atoms with Gasteiger partial charge in [-0.25, -0.2) is 0 Å². The minimum atomic E-state index is -0.747. The monoisotopic (exact) mass is 310 g/mol. The van der Waals surface area contributed by atoms with Crippen LogP contribution in [0.25, 0.3) is 0 Å². The second-order valence-electron chi connectivity index (χ2n) is 3.98. The average Bonchev–Trinajstić information content (AvgIpc) is 2.46. The molecule has 0 atom stereocenters. The molecular formula is C12H14N4O6. The second-order valence-corrected chi connectivity index (χ2v) is 3.98. The Balaban J connectivity index is 2.67. The lowest BCUT2D eigenvalue weighted by atomic mass is 10.2. The molecule has 10 heteroatoms. The van der Waals surface area contributed by atoms with E-state index in [2.05, 4.69) is 10.5 Å². The third kappa shape index (κ3) is 5.15. The van der Waals surface area contributed by atoms with E-state index in [9.17, 15) is 25.0 Å². The van der Waals surface area contributed by atoms with Crippen molar-refractivity contribution in [3.8, 4) is 0 Å². The molecule has 0 radical (unpaired) electrons. The molecule has 0 saturated heterocycles. The van der Waals surface area contributed by atoms with E-state index in [1.165, 1.54) is 12.3 Å². The molecule has 22 heavy (non-hydrogen) atoms. The first-order valence-electron chi connectivity index (χ1n) is 6.31. The molecule has 118 valence electrons. The zero-order valence-corrected chi connectivity index (χ0v) is 11.7. The Morgan fingerprint density at radius 3 is 2.68 bits per heavy atom. The Kier molecular flexibility index (Phi) is 6.41. The van der Waals surface area contributed by atoms with Crippen LogP contribution in [0, 0.1) is 20.2 Å². The van der Waals surface area contributed by atoms with Crippen molar-refractivity contribution in [3.63, 3.8) is 0 Å². The van der Waals surface area contributed by atoms with Gasteiger partial charge in [-0.05, 0) is 19.4 Å². The van der Waals surface area contributed by atoms with Gasteiger partial charge in [0.05, 0.1) is 28.9 Å². The molecule has 0 aromatic heterocycles. The van der Waals surface area contributed by atoms with Gasteiger partial charge in [0, 0.05) is 12.3 Å². The van der Waals surface area contributed by atoms with Crippen molar-refractivity contribution in [3.05, 3.63) is 38.4 Å². The maximum absolute atomic E-state index is 11.1. The first-order chi connectivity index (χ1) is 10.5.